The second kappa shape index (κ2) is 61.8. The average molecular weight is 1080 g/mol. The van der Waals surface area contributed by atoms with Gasteiger partial charge in [-0.05, 0) is 16.7 Å². The summed E-state index contributed by atoms with van der Waals surface area (Å²) in [5, 5.41) is 68.0. The van der Waals surface area contributed by atoms with E-state index >= 15 is 0 Å². The van der Waals surface area contributed by atoms with Crippen LogP contribution in [0.3, 0.4) is 0 Å². The SMILES string of the molecule is O=C(CO)OCc1ccccc1.O=[C-]CC(=O)O.[CH2-]OCC(=O)OCC(=O)O.[CH2-]OCC(=O)OCC(=O)OCc1ccccc1.[O-]CCOO.[O-]CCOOCCOO.[O-]CCOOCCOOCc1ccccc1. The Bertz CT molecular complexity index is 1750. The highest BCUT2D eigenvalue weighted by atomic mass is 17.2. The van der Waals surface area contributed by atoms with E-state index in [0.29, 0.717) is 6.61 Å². The zero-order valence-electron chi connectivity index (χ0n) is 40.5. The average Bonchev–Trinajstić information content (AvgIpc) is 3.41. The van der Waals surface area contributed by atoms with E-state index in [4.69, 9.17) is 45.1 Å². The molecule has 0 aromatic heterocycles. The molecule has 0 aliphatic heterocycles. The van der Waals surface area contributed by atoms with Crippen LogP contribution in [0.5, 0.6) is 0 Å². The summed E-state index contributed by atoms with van der Waals surface area (Å²) < 4.78 is 26.7. The Labute approximate surface area is 431 Å². The number of rotatable bonds is 32. The summed E-state index contributed by atoms with van der Waals surface area (Å²) in [6.07, 6.45) is 0.704. The fourth-order valence-electron chi connectivity index (χ4n) is 3.38. The number of carbonyl (C=O) groups is 6. The van der Waals surface area contributed by atoms with E-state index in [9.17, 15) is 44.1 Å². The quantitative estimate of drug-likeness (QED) is 0.00938. The summed E-state index contributed by atoms with van der Waals surface area (Å²) in [7, 11) is 5.92. The monoisotopic (exact) mass is 1080 g/mol. The van der Waals surface area contributed by atoms with Crippen molar-refractivity contribution in [2.75, 3.05) is 99.1 Å². The Morgan fingerprint density at radius 1 is 0.440 bits per heavy atom. The van der Waals surface area contributed by atoms with Crippen LogP contribution in [0.15, 0.2) is 91.0 Å². The molecule has 0 saturated carbocycles. The molecule has 29 heteroatoms. The molecule has 0 unspecified atom stereocenters. The third kappa shape index (κ3) is 65.5. The predicted octanol–water partition coefficient (Wildman–Crippen LogP) is -1.14. The normalized spacial score (nSPS) is 9.49. The number of benzene rings is 3. The third-order valence-electron chi connectivity index (χ3n) is 6.32. The molecular weight excluding hydrogens is 1020 g/mol. The highest BCUT2D eigenvalue weighted by Crippen LogP contribution is 2.02. The van der Waals surface area contributed by atoms with Crippen molar-refractivity contribution >= 4 is 42.1 Å². The van der Waals surface area contributed by atoms with Gasteiger partial charge < -0.3 is 63.9 Å². The Kier molecular flexibility index (Phi) is 61.8. The van der Waals surface area contributed by atoms with Gasteiger partial charge in [-0.25, -0.2) is 77.3 Å². The summed E-state index contributed by atoms with van der Waals surface area (Å²) in [6.45, 7) is -1.89. The van der Waals surface area contributed by atoms with Crippen LogP contribution in [0.25, 0.3) is 0 Å². The van der Waals surface area contributed by atoms with Crippen LogP contribution < -0.4 is 15.3 Å². The lowest BCUT2D eigenvalue weighted by atomic mass is 10.2. The fourth-order valence-corrected chi connectivity index (χ4v) is 3.38. The molecule has 3 aromatic carbocycles. The minimum atomic E-state index is -1.20. The van der Waals surface area contributed by atoms with Gasteiger partial charge in [0.1, 0.15) is 66.1 Å². The first-order chi connectivity index (χ1) is 36.2. The summed E-state index contributed by atoms with van der Waals surface area (Å²) in [4.78, 5) is 106. The Morgan fingerprint density at radius 3 is 1.13 bits per heavy atom. The number of hydrogen-bond donors (Lipinski definition) is 5. The standard InChI is InChI=1S/C12H13O5.C11H15O5.C9H10O3.C5H7O5.C4H9O5.C3H3O3.C2H5O3/c1-15-8-11(13)17-9-12(14)16-7-10-5-3-2-4-6-10;12-6-7-13-14-8-9-15-16-10-11-4-2-1-3-5-11;10-6-9(11)12-7-8-4-2-1-3-5-8;1-9-3-5(8)10-2-4(6)7;5-1-2-8-9-4-3-7-6;4-2-1-3(5)6;3-1-2-5-4/h2-6H,1,7-9H2;1-5H,6-10H2;1-5,10H,6-7H2;1-3H2,(H,6,7);6H,1-4H2;1H2,(H,5,6);4H,1-2H2/q2*-1;;4*-1. The van der Waals surface area contributed by atoms with Crippen molar-refractivity contribution < 1.29 is 142 Å². The third-order valence-corrected chi connectivity index (χ3v) is 6.32. The number of carboxylic acid groups (broad SMARTS) is 2. The van der Waals surface area contributed by atoms with Gasteiger partial charge in [0.05, 0.1) is 19.8 Å². The number of hydrogen-bond acceptors (Lipinski definition) is 27. The second-order valence-electron chi connectivity index (χ2n) is 12.2. The minimum Gasteiger partial charge on any atom is -0.853 e. The zero-order chi connectivity index (χ0) is 56.8. The number of esters is 4. The number of aliphatic hydroxyl groups is 1. The van der Waals surface area contributed by atoms with Crippen LogP contribution in [0, 0.1) is 14.2 Å². The van der Waals surface area contributed by atoms with Crippen molar-refractivity contribution in [2.24, 2.45) is 0 Å². The lowest BCUT2D eigenvalue weighted by Crippen LogP contribution is -2.18. The first-order valence-electron chi connectivity index (χ1n) is 21.1. The number of aliphatic carboxylic acids is 2. The second-order valence-corrected chi connectivity index (χ2v) is 12.2. The first-order valence-corrected chi connectivity index (χ1v) is 21.1. The molecule has 0 bridgehead atoms. The van der Waals surface area contributed by atoms with E-state index in [0.717, 1.165) is 16.7 Å². The van der Waals surface area contributed by atoms with Gasteiger partial charge in [-0.3, -0.25) is 21.6 Å². The number of carboxylic acids is 2. The predicted molar refractivity (Wildman–Crippen MR) is 242 cm³/mol. The molecule has 5 N–H and O–H groups in total. The molecule has 0 radical (unpaired) electrons. The Morgan fingerprint density at radius 2 is 0.800 bits per heavy atom. The molecule has 0 saturated heterocycles. The van der Waals surface area contributed by atoms with Crippen molar-refractivity contribution in [3.8, 4) is 0 Å². The summed E-state index contributed by atoms with van der Waals surface area (Å²) in [6, 6.07) is 28.2. The van der Waals surface area contributed by atoms with Gasteiger partial charge in [0.2, 0.25) is 0 Å². The molecule has 0 heterocycles. The molecule has 0 aliphatic rings. The molecule has 0 atom stereocenters. The molecular formula is C46H62O29-6. The largest absolute Gasteiger partial charge is 0.853 e. The van der Waals surface area contributed by atoms with E-state index in [1.807, 2.05) is 91.0 Å². The molecule has 426 valence electrons. The Balaban J connectivity index is -0.000000406. The smallest absolute Gasteiger partial charge is 0.344 e. The van der Waals surface area contributed by atoms with E-state index in [1.54, 1.807) is 0 Å². The number of carbonyl (C=O) groups excluding carboxylic acids is 5. The van der Waals surface area contributed by atoms with Crippen LogP contribution in [0.4, 0.5) is 0 Å². The van der Waals surface area contributed by atoms with Gasteiger partial charge in [-0.1, -0.05) is 97.4 Å². The maximum Gasteiger partial charge on any atom is 0.344 e. The zero-order valence-corrected chi connectivity index (χ0v) is 40.5. The van der Waals surface area contributed by atoms with Crippen LogP contribution in [-0.2, 0) is 121 Å². The van der Waals surface area contributed by atoms with Crippen molar-refractivity contribution in [1.82, 2.24) is 0 Å². The van der Waals surface area contributed by atoms with Crippen LogP contribution in [0.1, 0.15) is 23.1 Å². The molecule has 0 spiro atoms. The molecule has 0 fully saturated rings. The van der Waals surface area contributed by atoms with Crippen LogP contribution in [-0.4, -0.2) is 167 Å². The Hall–Kier alpha value is -6.49. The molecule has 0 amide bonds. The molecule has 0 aliphatic carbocycles. The minimum absolute atomic E-state index is 0.0193. The van der Waals surface area contributed by atoms with Gasteiger partial charge in [0.15, 0.2) is 13.2 Å². The van der Waals surface area contributed by atoms with E-state index in [2.05, 4.69) is 67.2 Å². The highest BCUT2D eigenvalue weighted by molar-refractivity contribution is 5.82. The van der Waals surface area contributed by atoms with Crippen molar-refractivity contribution in [1.29, 1.82) is 0 Å². The number of aliphatic hydroxyl groups excluding tert-OH is 1. The summed E-state index contributed by atoms with van der Waals surface area (Å²) >= 11 is 0. The van der Waals surface area contributed by atoms with Gasteiger partial charge >= 0.3 is 29.8 Å². The maximum absolute atomic E-state index is 11.2. The first kappa shape index (κ1) is 75.0. The summed E-state index contributed by atoms with van der Waals surface area (Å²) in [5.41, 5.74) is 2.82. The molecule has 75 heavy (non-hydrogen) atoms. The van der Waals surface area contributed by atoms with Gasteiger partial charge in [0.25, 0.3) is 5.97 Å². The van der Waals surface area contributed by atoms with E-state index in [1.165, 1.54) is 6.29 Å². The van der Waals surface area contributed by atoms with Gasteiger partial charge in [-0.15, -0.1) is 19.8 Å². The van der Waals surface area contributed by atoms with Gasteiger partial charge in [0, 0.05) is 0 Å². The van der Waals surface area contributed by atoms with E-state index < -0.39 is 62.1 Å². The maximum atomic E-state index is 11.2. The van der Waals surface area contributed by atoms with Crippen LogP contribution >= 0.6 is 0 Å². The highest BCUT2D eigenvalue weighted by Gasteiger charge is 2.08. The molecule has 3 rings (SSSR count). The van der Waals surface area contributed by atoms with Crippen molar-refractivity contribution in [3.63, 3.8) is 0 Å². The lowest BCUT2D eigenvalue weighted by Gasteiger charge is -2.07. The summed E-state index contributed by atoms with van der Waals surface area (Å²) in [5.74, 6) is -4.93. The lowest BCUT2D eigenvalue weighted by molar-refractivity contribution is -0.407. The van der Waals surface area contributed by atoms with E-state index in [-0.39, 0.29) is 92.5 Å². The topological polar surface area (TPSA) is 419 Å². The van der Waals surface area contributed by atoms with Crippen LogP contribution in [0.2, 0.25) is 0 Å². The van der Waals surface area contributed by atoms with Gasteiger partial charge in [-0.2, -0.15) is 0 Å². The van der Waals surface area contributed by atoms with Crippen molar-refractivity contribution in [3.05, 3.63) is 122 Å². The fraction of sp³-hybridized carbons (Fsp3) is 0.413. The number of ether oxygens (including phenoxy) is 6. The molecule has 29 nitrogen and oxygen atoms in total. The van der Waals surface area contributed by atoms with Crippen molar-refractivity contribution in [2.45, 2.75) is 26.2 Å². The molecule has 3 aromatic rings.